The van der Waals surface area contributed by atoms with Gasteiger partial charge in [0.25, 0.3) is 0 Å². The largest absolute Gasteiger partial charge is 0.441 e. The highest BCUT2D eigenvalue weighted by molar-refractivity contribution is 9.10. The Hall–Kier alpha value is -2.54. The maximum atomic E-state index is 13.7. The number of carbonyl (C=O) groups excluding carboxylic acids is 1. The van der Waals surface area contributed by atoms with Gasteiger partial charge in [0, 0.05) is 29.1 Å². The SMILES string of the molecule is O=C(CCc1ncc(-c2ccc(F)cc2F)o1)Nc1ccc(Br)cc1. The number of oxazole rings is 1. The Kier molecular flexibility index (Phi) is 5.23. The first-order valence-electron chi connectivity index (χ1n) is 7.47. The van der Waals surface area contributed by atoms with Crippen LogP contribution in [0.1, 0.15) is 12.3 Å². The van der Waals surface area contributed by atoms with E-state index in [1.54, 1.807) is 12.1 Å². The summed E-state index contributed by atoms with van der Waals surface area (Å²) in [5.41, 5.74) is 0.814. The van der Waals surface area contributed by atoms with Crippen LogP contribution in [0.3, 0.4) is 0 Å². The van der Waals surface area contributed by atoms with Crippen LogP contribution in [0.4, 0.5) is 14.5 Å². The minimum atomic E-state index is -0.726. The maximum Gasteiger partial charge on any atom is 0.224 e. The fourth-order valence-corrected chi connectivity index (χ4v) is 2.48. The van der Waals surface area contributed by atoms with E-state index in [0.717, 1.165) is 16.6 Å². The average Bonchev–Trinajstić information content (AvgIpc) is 3.04. The number of nitrogens with one attached hydrogen (secondary N) is 1. The Bertz CT molecular complexity index is 894. The van der Waals surface area contributed by atoms with Crippen molar-refractivity contribution in [2.75, 3.05) is 5.32 Å². The second-order valence-electron chi connectivity index (χ2n) is 5.30. The predicted octanol–water partition coefficient (Wildman–Crippen LogP) is 4.95. The Morgan fingerprint density at radius 3 is 2.64 bits per heavy atom. The Morgan fingerprint density at radius 2 is 1.92 bits per heavy atom. The van der Waals surface area contributed by atoms with Crippen molar-refractivity contribution < 1.29 is 18.0 Å². The summed E-state index contributed by atoms with van der Waals surface area (Å²) in [6.07, 6.45) is 1.80. The van der Waals surface area contributed by atoms with Crippen molar-refractivity contribution in [3.63, 3.8) is 0 Å². The second kappa shape index (κ2) is 7.57. The molecule has 0 atom stereocenters. The molecule has 1 aromatic heterocycles. The first-order chi connectivity index (χ1) is 12.0. The van der Waals surface area contributed by atoms with Crippen LogP contribution in [0, 0.1) is 11.6 Å². The molecule has 0 radical (unpaired) electrons. The summed E-state index contributed by atoms with van der Waals surface area (Å²) in [6.45, 7) is 0. The summed E-state index contributed by atoms with van der Waals surface area (Å²) in [4.78, 5) is 16.0. The summed E-state index contributed by atoms with van der Waals surface area (Å²) in [5, 5.41) is 2.76. The molecule has 0 aliphatic heterocycles. The van der Waals surface area contributed by atoms with Gasteiger partial charge < -0.3 is 9.73 Å². The third-order valence-corrected chi connectivity index (χ3v) is 3.97. The van der Waals surface area contributed by atoms with E-state index in [2.05, 4.69) is 26.2 Å². The van der Waals surface area contributed by atoms with Crippen LogP contribution in [-0.2, 0) is 11.2 Å². The molecule has 0 spiro atoms. The lowest BCUT2D eigenvalue weighted by molar-refractivity contribution is -0.116. The number of nitrogens with zero attached hydrogens (tertiary/aromatic N) is 1. The van der Waals surface area contributed by atoms with E-state index < -0.39 is 11.6 Å². The zero-order valence-electron chi connectivity index (χ0n) is 12.9. The number of amides is 1. The van der Waals surface area contributed by atoms with Crippen molar-refractivity contribution in [3.05, 3.63) is 70.7 Å². The summed E-state index contributed by atoms with van der Waals surface area (Å²) >= 11 is 3.32. The van der Waals surface area contributed by atoms with Gasteiger partial charge in [-0.2, -0.15) is 0 Å². The lowest BCUT2D eigenvalue weighted by atomic mass is 10.2. The highest BCUT2D eigenvalue weighted by Gasteiger charge is 2.13. The third kappa shape index (κ3) is 4.51. The zero-order chi connectivity index (χ0) is 17.8. The molecule has 7 heteroatoms. The van der Waals surface area contributed by atoms with Gasteiger partial charge in [-0.25, -0.2) is 13.8 Å². The predicted molar refractivity (Wildman–Crippen MR) is 92.9 cm³/mol. The van der Waals surface area contributed by atoms with Crippen LogP contribution in [0.15, 0.2) is 57.6 Å². The van der Waals surface area contributed by atoms with Crippen molar-refractivity contribution in [1.29, 1.82) is 0 Å². The van der Waals surface area contributed by atoms with Crippen molar-refractivity contribution in [1.82, 2.24) is 4.98 Å². The Balaban J connectivity index is 1.59. The number of aromatic nitrogens is 1. The molecular weight excluding hydrogens is 394 g/mol. The Labute approximate surface area is 151 Å². The molecule has 1 amide bonds. The van der Waals surface area contributed by atoms with Crippen LogP contribution in [0.2, 0.25) is 0 Å². The molecule has 0 aliphatic carbocycles. The van der Waals surface area contributed by atoms with Gasteiger partial charge in [-0.15, -0.1) is 0 Å². The van der Waals surface area contributed by atoms with E-state index in [1.807, 2.05) is 12.1 Å². The molecule has 0 aliphatic rings. The number of carbonyl (C=O) groups is 1. The maximum absolute atomic E-state index is 13.7. The van der Waals surface area contributed by atoms with Gasteiger partial charge in [0.05, 0.1) is 11.8 Å². The second-order valence-corrected chi connectivity index (χ2v) is 6.21. The standard InChI is InChI=1S/C18H13BrF2N2O2/c19-11-1-4-13(5-2-11)23-17(24)7-8-18-22-10-16(25-18)14-6-3-12(20)9-15(14)21/h1-6,9-10H,7-8H2,(H,23,24). The van der Waals surface area contributed by atoms with Gasteiger partial charge in [-0.1, -0.05) is 15.9 Å². The summed E-state index contributed by atoms with van der Waals surface area (Å²) in [7, 11) is 0. The summed E-state index contributed by atoms with van der Waals surface area (Å²) in [6, 6.07) is 10.4. The molecule has 2 aromatic carbocycles. The van der Waals surface area contributed by atoms with Crippen LogP contribution < -0.4 is 5.32 Å². The molecule has 128 valence electrons. The van der Waals surface area contributed by atoms with Gasteiger partial charge in [0.1, 0.15) is 11.6 Å². The van der Waals surface area contributed by atoms with E-state index in [1.165, 1.54) is 12.3 Å². The molecule has 1 heterocycles. The molecule has 0 bridgehead atoms. The molecule has 3 rings (SSSR count). The van der Waals surface area contributed by atoms with Gasteiger partial charge in [0.15, 0.2) is 11.7 Å². The molecular formula is C18H13BrF2N2O2. The van der Waals surface area contributed by atoms with E-state index in [9.17, 15) is 13.6 Å². The molecule has 25 heavy (non-hydrogen) atoms. The highest BCUT2D eigenvalue weighted by Crippen LogP contribution is 2.24. The zero-order valence-corrected chi connectivity index (χ0v) is 14.5. The first kappa shape index (κ1) is 17.3. The molecule has 4 nitrogen and oxygen atoms in total. The summed E-state index contributed by atoms with van der Waals surface area (Å²) < 4.78 is 33.0. The smallest absolute Gasteiger partial charge is 0.224 e. The van der Waals surface area contributed by atoms with E-state index in [0.29, 0.717) is 11.6 Å². The molecule has 0 saturated carbocycles. The van der Waals surface area contributed by atoms with E-state index in [4.69, 9.17) is 4.42 Å². The highest BCUT2D eigenvalue weighted by atomic mass is 79.9. The van der Waals surface area contributed by atoms with Crippen molar-refractivity contribution in [2.24, 2.45) is 0 Å². The average molecular weight is 407 g/mol. The van der Waals surface area contributed by atoms with Gasteiger partial charge >= 0.3 is 0 Å². The van der Waals surface area contributed by atoms with E-state index in [-0.39, 0.29) is 30.1 Å². The summed E-state index contributed by atoms with van der Waals surface area (Å²) in [5.74, 6) is -1.07. The quantitative estimate of drug-likeness (QED) is 0.651. The fraction of sp³-hybridized carbons (Fsp3) is 0.111. The number of aryl methyl sites for hydroxylation is 1. The number of rotatable bonds is 5. The van der Waals surface area contributed by atoms with Gasteiger partial charge in [-0.3, -0.25) is 4.79 Å². The molecule has 0 unspecified atom stereocenters. The van der Waals surface area contributed by atoms with Crippen molar-refractivity contribution in [3.8, 4) is 11.3 Å². The van der Waals surface area contributed by atoms with Crippen LogP contribution >= 0.6 is 15.9 Å². The molecule has 1 N–H and O–H groups in total. The molecule has 3 aromatic rings. The minimum absolute atomic E-state index is 0.125. The monoisotopic (exact) mass is 406 g/mol. The topological polar surface area (TPSA) is 55.1 Å². The number of benzene rings is 2. The number of hydrogen-bond donors (Lipinski definition) is 1. The minimum Gasteiger partial charge on any atom is -0.441 e. The third-order valence-electron chi connectivity index (χ3n) is 3.44. The first-order valence-corrected chi connectivity index (χ1v) is 8.26. The van der Waals surface area contributed by atoms with Crippen LogP contribution in [0.25, 0.3) is 11.3 Å². The van der Waals surface area contributed by atoms with Crippen LogP contribution in [0.5, 0.6) is 0 Å². The molecule has 0 fully saturated rings. The van der Waals surface area contributed by atoms with Crippen molar-refractivity contribution in [2.45, 2.75) is 12.8 Å². The van der Waals surface area contributed by atoms with Gasteiger partial charge in [0.2, 0.25) is 5.91 Å². The van der Waals surface area contributed by atoms with Crippen molar-refractivity contribution >= 4 is 27.5 Å². The lowest BCUT2D eigenvalue weighted by Gasteiger charge is -2.04. The van der Waals surface area contributed by atoms with E-state index >= 15 is 0 Å². The normalized spacial score (nSPS) is 10.7. The fourth-order valence-electron chi connectivity index (χ4n) is 2.22. The van der Waals surface area contributed by atoms with Gasteiger partial charge in [-0.05, 0) is 36.4 Å². The number of halogens is 3. The number of hydrogen-bond acceptors (Lipinski definition) is 3. The van der Waals surface area contributed by atoms with Crippen LogP contribution in [-0.4, -0.2) is 10.9 Å². The lowest BCUT2D eigenvalue weighted by Crippen LogP contribution is -2.12. The number of anilines is 1. The molecule has 0 saturated heterocycles. The Morgan fingerprint density at radius 1 is 1.16 bits per heavy atom.